The number of phenolic OH excluding ortho intramolecular Hbond substituents is 1. The maximum Gasteiger partial charge on any atom is 0.119 e. The number of benzene rings is 2. The largest absolute Gasteiger partial charge is 0.508 e. The molecular weight excluding hydrogens is 373 g/mol. The van der Waals surface area contributed by atoms with Gasteiger partial charge in [-0.15, -0.1) is 24.8 Å². The number of hydrogen-bond donors (Lipinski definition) is 2. The van der Waals surface area contributed by atoms with Crippen molar-refractivity contribution in [3.63, 3.8) is 0 Å². The van der Waals surface area contributed by atoms with E-state index in [1.807, 2.05) is 38.4 Å². The first-order chi connectivity index (χ1) is 11.6. The third kappa shape index (κ3) is 5.53. The summed E-state index contributed by atoms with van der Waals surface area (Å²) in [6.07, 6.45) is 1.75. The molecule has 1 aliphatic heterocycles. The SMILES string of the molecule is CN(C)CCOc1ccc([C@H]2N=CN[C@H]2c2ccc(O)cc2)cc1.Cl.Cl. The molecule has 1 aliphatic rings. The fraction of sp³-hybridized carbons (Fsp3) is 0.316. The lowest BCUT2D eigenvalue weighted by Crippen LogP contribution is -2.19. The Hall–Kier alpha value is -1.95. The normalized spacial score (nSPS) is 18.0. The summed E-state index contributed by atoms with van der Waals surface area (Å²) in [6.45, 7) is 1.56. The fourth-order valence-electron chi connectivity index (χ4n) is 2.73. The summed E-state index contributed by atoms with van der Waals surface area (Å²) in [7, 11) is 4.06. The molecule has 142 valence electrons. The quantitative estimate of drug-likeness (QED) is 0.781. The van der Waals surface area contributed by atoms with Gasteiger partial charge in [-0.25, -0.2) is 0 Å². The molecule has 7 heteroatoms. The van der Waals surface area contributed by atoms with Gasteiger partial charge < -0.3 is 20.1 Å². The van der Waals surface area contributed by atoms with Crippen molar-refractivity contribution in [1.82, 2.24) is 10.2 Å². The summed E-state index contributed by atoms with van der Waals surface area (Å²) in [4.78, 5) is 6.65. The molecule has 0 spiro atoms. The molecule has 0 saturated heterocycles. The smallest absolute Gasteiger partial charge is 0.119 e. The van der Waals surface area contributed by atoms with Crippen molar-refractivity contribution >= 4 is 31.2 Å². The summed E-state index contributed by atoms with van der Waals surface area (Å²) in [5, 5.41) is 12.7. The lowest BCUT2D eigenvalue weighted by atomic mass is 9.95. The summed E-state index contributed by atoms with van der Waals surface area (Å²) >= 11 is 0. The van der Waals surface area contributed by atoms with E-state index in [-0.39, 0.29) is 42.6 Å². The maximum atomic E-state index is 9.45. The van der Waals surface area contributed by atoms with Gasteiger partial charge in [0.25, 0.3) is 0 Å². The standard InChI is InChI=1S/C19H23N3O2.2ClH/c1-22(2)11-12-24-17-9-5-15(6-10-17)19-18(20-13-21-19)14-3-7-16(23)8-4-14;;/h3-10,13,18-19,23H,11-12H2,1-2H3,(H,20,21);2*1H/t18-,19+;;/m0../s1. The minimum Gasteiger partial charge on any atom is -0.508 e. The number of rotatable bonds is 6. The number of aliphatic imine (C=N–C) groups is 1. The second-order valence-corrected chi connectivity index (χ2v) is 6.18. The van der Waals surface area contributed by atoms with Crippen molar-refractivity contribution < 1.29 is 9.84 Å². The molecule has 2 aromatic carbocycles. The minimum absolute atomic E-state index is 0. The van der Waals surface area contributed by atoms with Crippen LogP contribution in [-0.4, -0.2) is 43.6 Å². The number of halogens is 2. The van der Waals surface area contributed by atoms with Crippen LogP contribution >= 0.6 is 24.8 Å². The van der Waals surface area contributed by atoms with Gasteiger partial charge in [0.1, 0.15) is 24.1 Å². The molecule has 0 bridgehead atoms. The zero-order valence-corrected chi connectivity index (χ0v) is 16.5. The van der Waals surface area contributed by atoms with E-state index in [1.54, 1.807) is 18.5 Å². The Kier molecular flexibility index (Phi) is 8.72. The van der Waals surface area contributed by atoms with Gasteiger partial charge >= 0.3 is 0 Å². The van der Waals surface area contributed by atoms with Crippen LogP contribution in [0.25, 0.3) is 0 Å². The van der Waals surface area contributed by atoms with Crippen LogP contribution in [0.5, 0.6) is 11.5 Å². The van der Waals surface area contributed by atoms with E-state index in [0.29, 0.717) is 6.61 Å². The van der Waals surface area contributed by atoms with E-state index in [1.165, 1.54) is 0 Å². The van der Waals surface area contributed by atoms with Crippen molar-refractivity contribution in [3.05, 3.63) is 59.7 Å². The number of nitrogens with one attached hydrogen (secondary N) is 1. The van der Waals surface area contributed by atoms with Crippen LogP contribution < -0.4 is 10.1 Å². The Morgan fingerprint density at radius 1 is 1.00 bits per heavy atom. The summed E-state index contributed by atoms with van der Waals surface area (Å²) in [5.74, 6) is 1.14. The van der Waals surface area contributed by atoms with Crippen LogP contribution in [0.4, 0.5) is 0 Å². The molecule has 0 fully saturated rings. The molecule has 0 aliphatic carbocycles. The first-order valence-corrected chi connectivity index (χ1v) is 8.07. The first-order valence-electron chi connectivity index (χ1n) is 8.07. The Morgan fingerprint density at radius 2 is 1.62 bits per heavy atom. The third-order valence-corrected chi connectivity index (χ3v) is 4.09. The fourth-order valence-corrected chi connectivity index (χ4v) is 2.73. The molecule has 26 heavy (non-hydrogen) atoms. The van der Waals surface area contributed by atoms with Crippen LogP contribution in [0.15, 0.2) is 53.5 Å². The molecule has 0 saturated carbocycles. The van der Waals surface area contributed by atoms with Crippen molar-refractivity contribution in [3.8, 4) is 11.5 Å². The van der Waals surface area contributed by atoms with Gasteiger partial charge in [0.15, 0.2) is 0 Å². The van der Waals surface area contributed by atoms with E-state index in [2.05, 4.69) is 27.3 Å². The number of ether oxygens (including phenoxy) is 1. The zero-order chi connectivity index (χ0) is 16.9. The van der Waals surface area contributed by atoms with Gasteiger partial charge in [-0.2, -0.15) is 0 Å². The molecule has 0 aromatic heterocycles. The number of nitrogens with zero attached hydrogens (tertiary/aromatic N) is 2. The lowest BCUT2D eigenvalue weighted by molar-refractivity contribution is 0.261. The van der Waals surface area contributed by atoms with Gasteiger partial charge in [0.2, 0.25) is 0 Å². The van der Waals surface area contributed by atoms with Gasteiger partial charge in [-0.1, -0.05) is 24.3 Å². The number of aromatic hydroxyl groups is 1. The van der Waals surface area contributed by atoms with Crippen molar-refractivity contribution in [2.24, 2.45) is 4.99 Å². The highest BCUT2D eigenvalue weighted by Crippen LogP contribution is 2.35. The predicted octanol–water partition coefficient (Wildman–Crippen LogP) is 3.59. The Bertz CT molecular complexity index is 691. The Morgan fingerprint density at radius 3 is 2.23 bits per heavy atom. The highest BCUT2D eigenvalue weighted by atomic mass is 35.5. The van der Waals surface area contributed by atoms with Crippen LogP contribution in [0.1, 0.15) is 23.2 Å². The molecule has 3 rings (SSSR count). The first kappa shape index (κ1) is 22.1. The summed E-state index contributed by atoms with van der Waals surface area (Å²) in [5.41, 5.74) is 2.23. The highest BCUT2D eigenvalue weighted by Gasteiger charge is 2.27. The molecule has 0 unspecified atom stereocenters. The monoisotopic (exact) mass is 397 g/mol. The lowest BCUT2D eigenvalue weighted by Gasteiger charge is -2.19. The second-order valence-electron chi connectivity index (χ2n) is 6.18. The predicted molar refractivity (Wildman–Crippen MR) is 110 cm³/mol. The van der Waals surface area contributed by atoms with Crippen molar-refractivity contribution in [1.29, 1.82) is 0 Å². The molecule has 5 nitrogen and oxygen atoms in total. The van der Waals surface area contributed by atoms with Crippen molar-refractivity contribution in [2.75, 3.05) is 27.2 Å². The topological polar surface area (TPSA) is 57.1 Å². The molecule has 2 N–H and O–H groups in total. The van der Waals surface area contributed by atoms with Gasteiger partial charge in [-0.3, -0.25) is 4.99 Å². The Balaban J connectivity index is 0.00000169. The molecule has 2 atom stereocenters. The third-order valence-electron chi connectivity index (χ3n) is 4.09. The van der Waals surface area contributed by atoms with E-state index >= 15 is 0 Å². The number of hydrogen-bond acceptors (Lipinski definition) is 5. The molecule has 1 heterocycles. The van der Waals surface area contributed by atoms with Gasteiger partial charge in [0.05, 0.1) is 12.4 Å². The maximum absolute atomic E-state index is 9.45. The average molecular weight is 398 g/mol. The zero-order valence-electron chi connectivity index (χ0n) is 14.8. The Labute approximate surface area is 166 Å². The van der Waals surface area contributed by atoms with Gasteiger partial charge in [0, 0.05) is 6.54 Å². The molecule has 2 aromatic rings. The van der Waals surface area contributed by atoms with E-state index in [0.717, 1.165) is 23.4 Å². The molecule has 0 radical (unpaired) electrons. The van der Waals surface area contributed by atoms with E-state index < -0.39 is 0 Å². The van der Waals surface area contributed by atoms with E-state index in [9.17, 15) is 5.11 Å². The minimum atomic E-state index is 0. The summed E-state index contributed by atoms with van der Waals surface area (Å²) < 4.78 is 5.74. The second kappa shape index (κ2) is 10.3. The van der Waals surface area contributed by atoms with Crippen molar-refractivity contribution in [2.45, 2.75) is 12.1 Å². The highest BCUT2D eigenvalue weighted by molar-refractivity contribution is 5.85. The van der Waals surface area contributed by atoms with Crippen LogP contribution in [0.3, 0.4) is 0 Å². The molecular formula is C19H25Cl2N3O2. The van der Waals surface area contributed by atoms with Crippen LogP contribution in [0, 0.1) is 0 Å². The number of likely N-dealkylation sites (N-methyl/N-ethyl adjacent to an activating group) is 1. The van der Waals surface area contributed by atoms with Crippen LogP contribution in [0.2, 0.25) is 0 Å². The van der Waals surface area contributed by atoms with E-state index in [4.69, 9.17) is 4.74 Å². The molecule has 0 amide bonds. The average Bonchev–Trinajstić information content (AvgIpc) is 3.05. The van der Waals surface area contributed by atoms with Crippen LogP contribution in [-0.2, 0) is 0 Å². The number of phenols is 1. The summed E-state index contributed by atoms with van der Waals surface area (Å²) in [6, 6.07) is 15.5. The van der Waals surface area contributed by atoms with Gasteiger partial charge in [-0.05, 0) is 49.5 Å².